The molecule has 0 aromatic heterocycles. The van der Waals surface area contributed by atoms with Crippen LogP contribution in [0.4, 0.5) is 5.69 Å². The third kappa shape index (κ3) is 2.19. The third-order valence-electron chi connectivity index (χ3n) is 5.71. The zero-order chi connectivity index (χ0) is 19.7. The standard InChI is InChI=1S/C19H22N4O4/c1-18(2,3)23-15(25)13-11(8-12(20)24)22-19(14(13)16(23)26)9-6-4-5-7-10(9)21-17(19)27/h4-7,11,13-14,22H,8H2,1-3H3,(H2,20,24)(H,21,27)/t11-,13-,14+,19-/m1/s1. The summed E-state index contributed by atoms with van der Waals surface area (Å²) in [5.74, 6) is -3.49. The van der Waals surface area contributed by atoms with Crippen molar-refractivity contribution in [3.05, 3.63) is 29.8 Å². The number of hydrogen-bond acceptors (Lipinski definition) is 5. The maximum atomic E-state index is 13.4. The zero-order valence-electron chi connectivity index (χ0n) is 15.4. The third-order valence-corrected chi connectivity index (χ3v) is 5.71. The fourth-order valence-electron chi connectivity index (χ4n) is 4.81. The summed E-state index contributed by atoms with van der Waals surface area (Å²) in [6.07, 6.45) is -0.130. The Morgan fingerprint density at radius 2 is 1.85 bits per heavy atom. The van der Waals surface area contributed by atoms with Gasteiger partial charge in [-0.1, -0.05) is 18.2 Å². The van der Waals surface area contributed by atoms with Crippen LogP contribution in [0.5, 0.6) is 0 Å². The van der Waals surface area contributed by atoms with Crippen molar-refractivity contribution in [1.29, 1.82) is 0 Å². The highest BCUT2D eigenvalue weighted by Crippen LogP contribution is 2.54. The number of hydrogen-bond donors (Lipinski definition) is 3. The van der Waals surface area contributed by atoms with E-state index >= 15 is 0 Å². The Kier molecular flexibility index (Phi) is 3.52. The number of amides is 4. The Morgan fingerprint density at radius 1 is 1.19 bits per heavy atom. The van der Waals surface area contributed by atoms with Crippen LogP contribution in [-0.4, -0.2) is 40.1 Å². The molecule has 2 fully saturated rings. The van der Waals surface area contributed by atoms with E-state index in [9.17, 15) is 19.2 Å². The Labute approximate surface area is 156 Å². The van der Waals surface area contributed by atoms with Crippen LogP contribution in [-0.2, 0) is 24.7 Å². The molecule has 3 aliphatic rings. The number of anilines is 1. The highest BCUT2D eigenvalue weighted by atomic mass is 16.2. The van der Waals surface area contributed by atoms with E-state index in [4.69, 9.17) is 5.73 Å². The molecule has 0 radical (unpaired) electrons. The number of nitrogens with one attached hydrogen (secondary N) is 2. The Hall–Kier alpha value is -2.74. The summed E-state index contributed by atoms with van der Waals surface area (Å²) in [7, 11) is 0. The summed E-state index contributed by atoms with van der Waals surface area (Å²) in [5.41, 5.74) is 4.49. The van der Waals surface area contributed by atoms with Crippen molar-refractivity contribution in [1.82, 2.24) is 10.2 Å². The topological polar surface area (TPSA) is 122 Å². The van der Waals surface area contributed by atoms with E-state index in [0.29, 0.717) is 11.3 Å². The molecule has 1 aromatic rings. The first-order valence-corrected chi connectivity index (χ1v) is 8.94. The molecule has 4 rings (SSSR count). The van der Waals surface area contributed by atoms with Gasteiger partial charge in [0.15, 0.2) is 0 Å². The Balaban J connectivity index is 1.91. The Morgan fingerprint density at radius 3 is 2.48 bits per heavy atom. The number of nitrogens with zero attached hydrogens (tertiary/aromatic N) is 1. The van der Waals surface area contributed by atoms with Gasteiger partial charge in [-0.05, 0) is 26.8 Å². The van der Waals surface area contributed by atoms with Gasteiger partial charge in [0.05, 0.1) is 11.8 Å². The predicted molar refractivity (Wildman–Crippen MR) is 96.1 cm³/mol. The lowest BCUT2D eigenvalue weighted by Crippen LogP contribution is -2.56. The van der Waals surface area contributed by atoms with Crippen LogP contribution in [0, 0.1) is 11.8 Å². The molecule has 1 spiro atoms. The summed E-state index contributed by atoms with van der Waals surface area (Å²) < 4.78 is 0. The van der Waals surface area contributed by atoms with Gasteiger partial charge in [-0.15, -0.1) is 0 Å². The predicted octanol–water partition coefficient (Wildman–Crippen LogP) is 0.0809. The molecular formula is C19H22N4O4. The molecule has 4 amide bonds. The number of rotatable bonds is 2. The van der Waals surface area contributed by atoms with Crippen molar-refractivity contribution >= 4 is 29.3 Å². The van der Waals surface area contributed by atoms with E-state index in [0.717, 1.165) is 0 Å². The number of likely N-dealkylation sites (tertiary alicyclic amines) is 1. The van der Waals surface area contributed by atoms with Gasteiger partial charge in [0.1, 0.15) is 5.54 Å². The van der Waals surface area contributed by atoms with Gasteiger partial charge < -0.3 is 11.1 Å². The second kappa shape index (κ2) is 5.39. The first-order chi connectivity index (χ1) is 12.6. The molecule has 3 heterocycles. The molecule has 0 unspecified atom stereocenters. The maximum Gasteiger partial charge on any atom is 0.250 e. The number of benzene rings is 1. The molecule has 8 nitrogen and oxygen atoms in total. The molecule has 0 aliphatic carbocycles. The molecule has 0 saturated carbocycles. The molecule has 142 valence electrons. The molecule has 3 aliphatic heterocycles. The van der Waals surface area contributed by atoms with Crippen LogP contribution in [0.1, 0.15) is 32.8 Å². The molecule has 4 atom stereocenters. The lowest BCUT2D eigenvalue weighted by Gasteiger charge is -2.34. The van der Waals surface area contributed by atoms with Crippen molar-refractivity contribution in [2.75, 3.05) is 5.32 Å². The minimum atomic E-state index is -1.38. The fraction of sp³-hybridized carbons (Fsp3) is 0.474. The number of fused-ring (bicyclic) bond motifs is 4. The highest BCUT2D eigenvalue weighted by Gasteiger charge is 2.71. The largest absolute Gasteiger partial charge is 0.370 e. The maximum absolute atomic E-state index is 13.4. The van der Waals surface area contributed by atoms with E-state index in [1.807, 2.05) is 0 Å². The number of primary amides is 1. The van der Waals surface area contributed by atoms with Gasteiger partial charge in [0.2, 0.25) is 23.6 Å². The number of para-hydroxylation sites is 1. The van der Waals surface area contributed by atoms with Gasteiger partial charge in [-0.3, -0.25) is 29.4 Å². The number of imide groups is 1. The SMILES string of the molecule is CC(C)(C)N1C(=O)[C@H]2[C@@H](C1=O)[C@@]1(N[C@@H]2CC(N)=O)C(=O)Nc2ccccc21. The molecule has 4 N–H and O–H groups in total. The van der Waals surface area contributed by atoms with E-state index < -0.39 is 40.8 Å². The highest BCUT2D eigenvalue weighted by molar-refractivity contribution is 6.15. The monoisotopic (exact) mass is 370 g/mol. The second-order valence-corrected chi connectivity index (χ2v) is 8.42. The molecule has 1 aromatic carbocycles. The van der Waals surface area contributed by atoms with Crippen LogP contribution < -0.4 is 16.4 Å². The minimum absolute atomic E-state index is 0.130. The summed E-state index contributed by atoms with van der Waals surface area (Å²) >= 11 is 0. The normalized spacial score (nSPS) is 32.0. The summed E-state index contributed by atoms with van der Waals surface area (Å²) in [4.78, 5) is 52.4. The Bertz CT molecular complexity index is 890. The molecule has 2 saturated heterocycles. The molecule has 0 bridgehead atoms. The average Bonchev–Trinajstić information content (AvgIpc) is 3.12. The first-order valence-electron chi connectivity index (χ1n) is 8.94. The number of carbonyl (C=O) groups is 4. The lowest BCUT2D eigenvalue weighted by atomic mass is 9.76. The molecular weight excluding hydrogens is 348 g/mol. The van der Waals surface area contributed by atoms with Crippen LogP contribution in [0.2, 0.25) is 0 Å². The van der Waals surface area contributed by atoms with Gasteiger partial charge >= 0.3 is 0 Å². The van der Waals surface area contributed by atoms with E-state index in [1.165, 1.54) is 4.90 Å². The van der Waals surface area contributed by atoms with Crippen LogP contribution in [0.3, 0.4) is 0 Å². The minimum Gasteiger partial charge on any atom is -0.370 e. The quantitative estimate of drug-likeness (QED) is 0.637. The summed E-state index contributed by atoms with van der Waals surface area (Å²) in [6.45, 7) is 5.32. The lowest BCUT2D eigenvalue weighted by molar-refractivity contribution is -0.147. The van der Waals surface area contributed by atoms with Gasteiger partial charge in [-0.2, -0.15) is 0 Å². The van der Waals surface area contributed by atoms with Crippen LogP contribution in [0.25, 0.3) is 0 Å². The van der Waals surface area contributed by atoms with Crippen molar-refractivity contribution < 1.29 is 19.2 Å². The van der Waals surface area contributed by atoms with Crippen LogP contribution >= 0.6 is 0 Å². The van der Waals surface area contributed by atoms with Crippen molar-refractivity contribution in [2.24, 2.45) is 17.6 Å². The number of carbonyl (C=O) groups excluding carboxylic acids is 4. The summed E-state index contributed by atoms with van der Waals surface area (Å²) in [5, 5.41) is 5.96. The van der Waals surface area contributed by atoms with Gasteiger partial charge in [-0.25, -0.2) is 0 Å². The van der Waals surface area contributed by atoms with E-state index in [-0.39, 0.29) is 18.2 Å². The smallest absolute Gasteiger partial charge is 0.250 e. The molecule has 8 heteroatoms. The second-order valence-electron chi connectivity index (χ2n) is 8.42. The van der Waals surface area contributed by atoms with Gasteiger partial charge in [0, 0.05) is 29.3 Å². The van der Waals surface area contributed by atoms with Gasteiger partial charge in [0.25, 0.3) is 0 Å². The van der Waals surface area contributed by atoms with Crippen LogP contribution in [0.15, 0.2) is 24.3 Å². The average molecular weight is 370 g/mol. The van der Waals surface area contributed by atoms with Crippen molar-refractivity contribution in [3.63, 3.8) is 0 Å². The fourth-order valence-corrected chi connectivity index (χ4v) is 4.81. The van der Waals surface area contributed by atoms with E-state index in [2.05, 4.69) is 10.6 Å². The summed E-state index contributed by atoms with van der Waals surface area (Å²) in [6, 6.07) is 6.40. The van der Waals surface area contributed by atoms with Crippen molar-refractivity contribution in [2.45, 2.75) is 44.3 Å². The zero-order valence-corrected chi connectivity index (χ0v) is 15.4. The first kappa shape index (κ1) is 17.7. The van der Waals surface area contributed by atoms with E-state index in [1.54, 1.807) is 45.0 Å². The molecule has 27 heavy (non-hydrogen) atoms. The number of nitrogens with two attached hydrogens (primary N) is 1. The van der Waals surface area contributed by atoms with Crippen molar-refractivity contribution in [3.8, 4) is 0 Å².